The second-order valence-corrected chi connectivity index (χ2v) is 4.05. The van der Waals surface area contributed by atoms with Crippen molar-refractivity contribution in [2.24, 2.45) is 5.73 Å². The summed E-state index contributed by atoms with van der Waals surface area (Å²) < 4.78 is 0. The minimum absolute atomic E-state index is 0. The Morgan fingerprint density at radius 2 is 1.85 bits per heavy atom. The summed E-state index contributed by atoms with van der Waals surface area (Å²) in [5, 5.41) is 0.790. The SMILES string of the molecule is Cl.NCCCSc1ccc(Cl)cc1. The van der Waals surface area contributed by atoms with Crippen LogP contribution in [-0.4, -0.2) is 12.3 Å². The van der Waals surface area contributed by atoms with E-state index in [2.05, 4.69) is 0 Å². The summed E-state index contributed by atoms with van der Waals surface area (Å²) in [5.41, 5.74) is 5.38. The summed E-state index contributed by atoms with van der Waals surface area (Å²) in [5.74, 6) is 1.08. The van der Waals surface area contributed by atoms with Gasteiger partial charge in [-0.05, 0) is 43.0 Å². The number of hydrogen-bond acceptors (Lipinski definition) is 2. The van der Waals surface area contributed by atoms with Gasteiger partial charge in [-0.1, -0.05) is 11.6 Å². The third-order valence-corrected chi connectivity index (χ3v) is 2.78. The van der Waals surface area contributed by atoms with Gasteiger partial charge < -0.3 is 5.73 Å². The fourth-order valence-electron chi connectivity index (χ4n) is 0.804. The van der Waals surface area contributed by atoms with E-state index in [1.54, 1.807) is 0 Å². The average molecular weight is 238 g/mol. The molecule has 0 amide bonds. The van der Waals surface area contributed by atoms with E-state index < -0.39 is 0 Å². The molecular weight excluding hydrogens is 225 g/mol. The van der Waals surface area contributed by atoms with Crippen LogP contribution in [0.15, 0.2) is 29.2 Å². The van der Waals surface area contributed by atoms with E-state index in [0.29, 0.717) is 0 Å². The molecule has 0 spiro atoms. The Morgan fingerprint density at radius 1 is 1.23 bits per heavy atom. The Hall–Kier alpha value is 0.110. The van der Waals surface area contributed by atoms with Crippen LogP contribution in [0, 0.1) is 0 Å². The quantitative estimate of drug-likeness (QED) is 0.643. The zero-order valence-electron chi connectivity index (χ0n) is 7.20. The van der Waals surface area contributed by atoms with Gasteiger partial charge in [-0.15, -0.1) is 24.2 Å². The normalized spacial score (nSPS) is 9.38. The first-order valence-electron chi connectivity index (χ1n) is 3.91. The monoisotopic (exact) mass is 237 g/mol. The lowest BCUT2D eigenvalue weighted by molar-refractivity contribution is 0.943. The first-order valence-corrected chi connectivity index (χ1v) is 5.27. The molecule has 74 valence electrons. The predicted molar refractivity (Wildman–Crippen MR) is 63.1 cm³/mol. The largest absolute Gasteiger partial charge is 0.330 e. The summed E-state index contributed by atoms with van der Waals surface area (Å²) in [7, 11) is 0. The number of thioether (sulfide) groups is 1. The summed E-state index contributed by atoms with van der Waals surface area (Å²) in [4.78, 5) is 1.26. The molecule has 0 aliphatic heterocycles. The molecule has 4 heteroatoms. The third kappa shape index (κ3) is 5.42. The van der Waals surface area contributed by atoms with Crippen LogP contribution < -0.4 is 5.73 Å². The molecule has 0 atom stereocenters. The van der Waals surface area contributed by atoms with Crippen molar-refractivity contribution in [3.63, 3.8) is 0 Å². The number of nitrogens with two attached hydrogens (primary N) is 1. The molecule has 0 heterocycles. The van der Waals surface area contributed by atoms with Gasteiger partial charge in [0, 0.05) is 9.92 Å². The molecule has 1 aromatic carbocycles. The zero-order valence-corrected chi connectivity index (χ0v) is 9.59. The van der Waals surface area contributed by atoms with Crippen molar-refractivity contribution in [3.05, 3.63) is 29.3 Å². The Bertz CT molecular complexity index is 226. The molecule has 1 nitrogen and oxygen atoms in total. The molecule has 2 N–H and O–H groups in total. The highest BCUT2D eigenvalue weighted by molar-refractivity contribution is 7.99. The highest BCUT2D eigenvalue weighted by Gasteiger charge is 1.92. The summed E-state index contributed by atoms with van der Waals surface area (Å²) >= 11 is 7.56. The molecule has 0 fully saturated rings. The molecule has 1 aromatic rings. The Morgan fingerprint density at radius 3 is 2.38 bits per heavy atom. The Kier molecular flexibility index (Phi) is 7.57. The van der Waals surface area contributed by atoms with Gasteiger partial charge in [0.1, 0.15) is 0 Å². The predicted octanol–water partition coefficient (Wildman–Crippen LogP) is 3.20. The molecule has 0 aliphatic carbocycles. The van der Waals surface area contributed by atoms with Gasteiger partial charge in [-0.2, -0.15) is 0 Å². The van der Waals surface area contributed by atoms with Crippen molar-refractivity contribution in [1.29, 1.82) is 0 Å². The van der Waals surface area contributed by atoms with E-state index in [-0.39, 0.29) is 12.4 Å². The van der Waals surface area contributed by atoms with Crippen molar-refractivity contribution in [2.75, 3.05) is 12.3 Å². The smallest absolute Gasteiger partial charge is 0.0406 e. The first-order chi connectivity index (χ1) is 5.83. The molecule has 0 saturated carbocycles. The molecule has 1 rings (SSSR count). The summed E-state index contributed by atoms with van der Waals surface area (Å²) in [6.07, 6.45) is 1.06. The highest BCUT2D eigenvalue weighted by Crippen LogP contribution is 2.20. The lowest BCUT2D eigenvalue weighted by atomic mass is 10.4. The number of benzene rings is 1. The number of hydrogen-bond donors (Lipinski definition) is 1. The van der Waals surface area contributed by atoms with Crippen LogP contribution >= 0.6 is 35.8 Å². The minimum atomic E-state index is 0. The van der Waals surface area contributed by atoms with Gasteiger partial charge >= 0.3 is 0 Å². The maximum absolute atomic E-state index is 5.74. The second-order valence-electron chi connectivity index (χ2n) is 2.44. The maximum Gasteiger partial charge on any atom is 0.0406 e. The second kappa shape index (κ2) is 7.51. The third-order valence-electron chi connectivity index (χ3n) is 1.43. The topological polar surface area (TPSA) is 26.0 Å². The van der Waals surface area contributed by atoms with Gasteiger partial charge in [0.2, 0.25) is 0 Å². The van der Waals surface area contributed by atoms with Crippen molar-refractivity contribution < 1.29 is 0 Å². The van der Waals surface area contributed by atoms with Gasteiger partial charge in [-0.3, -0.25) is 0 Å². The van der Waals surface area contributed by atoms with Crippen molar-refractivity contribution >= 4 is 35.8 Å². The van der Waals surface area contributed by atoms with Crippen LogP contribution in [0.1, 0.15) is 6.42 Å². The molecule has 0 radical (unpaired) electrons. The fraction of sp³-hybridized carbons (Fsp3) is 0.333. The van der Waals surface area contributed by atoms with Gasteiger partial charge in [0.25, 0.3) is 0 Å². The molecule has 0 unspecified atom stereocenters. The van der Waals surface area contributed by atoms with Crippen LogP contribution in [0.3, 0.4) is 0 Å². The van der Waals surface area contributed by atoms with Gasteiger partial charge in [0.15, 0.2) is 0 Å². The van der Waals surface area contributed by atoms with Crippen molar-refractivity contribution in [3.8, 4) is 0 Å². The lowest BCUT2D eigenvalue weighted by Gasteiger charge is -1.99. The van der Waals surface area contributed by atoms with E-state index in [4.69, 9.17) is 17.3 Å². The average Bonchev–Trinajstić information content (AvgIpc) is 2.09. The number of halogens is 2. The van der Waals surface area contributed by atoms with Crippen LogP contribution in [-0.2, 0) is 0 Å². The van der Waals surface area contributed by atoms with Crippen LogP contribution in [0.25, 0.3) is 0 Å². The van der Waals surface area contributed by atoms with E-state index in [9.17, 15) is 0 Å². The Labute approximate surface area is 94.4 Å². The standard InChI is InChI=1S/C9H12ClNS.ClH/c10-8-2-4-9(5-3-8)12-7-1-6-11;/h2-5H,1,6-7,11H2;1H. The molecule has 0 saturated heterocycles. The molecular formula is C9H13Cl2NS. The van der Waals surface area contributed by atoms with E-state index in [0.717, 1.165) is 23.7 Å². The van der Waals surface area contributed by atoms with E-state index in [1.165, 1.54) is 4.90 Å². The van der Waals surface area contributed by atoms with Crippen molar-refractivity contribution in [2.45, 2.75) is 11.3 Å². The molecule has 0 aromatic heterocycles. The lowest BCUT2D eigenvalue weighted by Crippen LogP contribution is -1.99. The van der Waals surface area contributed by atoms with Crippen LogP contribution in [0.5, 0.6) is 0 Å². The molecule has 13 heavy (non-hydrogen) atoms. The Balaban J connectivity index is 0.00000144. The zero-order chi connectivity index (χ0) is 8.81. The number of rotatable bonds is 4. The van der Waals surface area contributed by atoms with E-state index in [1.807, 2.05) is 36.0 Å². The molecule has 0 bridgehead atoms. The first kappa shape index (κ1) is 13.1. The summed E-state index contributed by atoms with van der Waals surface area (Å²) in [6.45, 7) is 0.764. The van der Waals surface area contributed by atoms with Crippen LogP contribution in [0.4, 0.5) is 0 Å². The van der Waals surface area contributed by atoms with Crippen molar-refractivity contribution in [1.82, 2.24) is 0 Å². The molecule has 0 aliphatic rings. The van der Waals surface area contributed by atoms with Gasteiger partial charge in [0.05, 0.1) is 0 Å². The van der Waals surface area contributed by atoms with Crippen LogP contribution in [0.2, 0.25) is 5.02 Å². The fourth-order valence-corrected chi connectivity index (χ4v) is 1.81. The maximum atomic E-state index is 5.74. The summed E-state index contributed by atoms with van der Waals surface area (Å²) in [6, 6.07) is 7.88. The minimum Gasteiger partial charge on any atom is -0.330 e. The van der Waals surface area contributed by atoms with Gasteiger partial charge in [-0.25, -0.2) is 0 Å². The van der Waals surface area contributed by atoms with E-state index >= 15 is 0 Å². The highest BCUT2D eigenvalue weighted by atomic mass is 35.5.